The van der Waals surface area contributed by atoms with Crippen LogP contribution in [-0.4, -0.2) is 62.8 Å². The SMILES string of the molecule is O=C([C@H]1CCCN(S(=O)(=O)Cc2ccccc2Cl)C1)N1CCN(c2ccccc2)CC1. The van der Waals surface area contributed by atoms with Crippen LogP contribution in [0.1, 0.15) is 18.4 Å². The standard InChI is InChI=1S/C23H28ClN3O3S/c24-22-11-5-4-7-20(22)18-31(29,30)27-12-6-8-19(17-27)23(28)26-15-13-25(14-16-26)21-9-2-1-3-10-21/h1-5,7,9-11,19H,6,8,12-18H2/t19-/m0/s1. The summed E-state index contributed by atoms with van der Waals surface area (Å²) in [5.41, 5.74) is 1.76. The molecule has 31 heavy (non-hydrogen) atoms. The van der Waals surface area contributed by atoms with Gasteiger partial charge in [0.1, 0.15) is 0 Å². The van der Waals surface area contributed by atoms with E-state index in [0.29, 0.717) is 36.6 Å². The van der Waals surface area contributed by atoms with Crippen molar-refractivity contribution in [2.75, 3.05) is 44.2 Å². The van der Waals surface area contributed by atoms with E-state index in [0.717, 1.165) is 19.5 Å². The number of sulfonamides is 1. The quantitative estimate of drug-likeness (QED) is 0.685. The molecule has 0 radical (unpaired) electrons. The summed E-state index contributed by atoms with van der Waals surface area (Å²) < 4.78 is 27.4. The summed E-state index contributed by atoms with van der Waals surface area (Å²) in [5.74, 6) is -0.341. The van der Waals surface area contributed by atoms with Gasteiger partial charge in [-0.25, -0.2) is 12.7 Å². The Kier molecular flexibility index (Phi) is 6.84. The molecule has 0 unspecified atom stereocenters. The molecule has 4 rings (SSSR count). The minimum absolute atomic E-state index is 0.0744. The molecule has 1 amide bonds. The summed E-state index contributed by atoms with van der Waals surface area (Å²) in [7, 11) is -3.53. The van der Waals surface area contributed by atoms with Crippen molar-refractivity contribution in [3.63, 3.8) is 0 Å². The second kappa shape index (κ2) is 9.59. The van der Waals surface area contributed by atoms with Gasteiger partial charge in [-0.15, -0.1) is 0 Å². The van der Waals surface area contributed by atoms with Gasteiger partial charge < -0.3 is 9.80 Å². The first-order valence-corrected chi connectivity index (χ1v) is 12.7. The van der Waals surface area contributed by atoms with E-state index >= 15 is 0 Å². The van der Waals surface area contributed by atoms with Crippen LogP contribution in [0.5, 0.6) is 0 Å². The molecule has 0 saturated carbocycles. The molecule has 1 atom stereocenters. The lowest BCUT2D eigenvalue weighted by Crippen LogP contribution is -2.53. The molecule has 2 aromatic carbocycles. The Morgan fingerprint density at radius 3 is 2.32 bits per heavy atom. The number of rotatable bonds is 5. The van der Waals surface area contributed by atoms with Gasteiger partial charge in [-0.3, -0.25) is 4.79 Å². The van der Waals surface area contributed by atoms with Crippen LogP contribution >= 0.6 is 11.6 Å². The van der Waals surface area contributed by atoms with Gasteiger partial charge in [-0.05, 0) is 36.6 Å². The van der Waals surface area contributed by atoms with Crippen LogP contribution in [0.15, 0.2) is 54.6 Å². The number of carbonyl (C=O) groups excluding carboxylic acids is 1. The fourth-order valence-electron chi connectivity index (χ4n) is 4.38. The van der Waals surface area contributed by atoms with E-state index in [2.05, 4.69) is 17.0 Å². The van der Waals surface area contributed by atoms with Crippen LogP contribution in [0.2, 0.25) is 5.02 Å². The minimum atomic E-state index is -3.53. The van der Waals surface area contributed by atoms with E-state index in [-0.39, 0.29) is 24.1 Å². The third kappa shape index (κ3) is 5.22. The van der Waals surface area contributed by atoms with Crippen LogP contribution in [0.25, 0.3) is 0 Å². The maximum Gasteiger partial charge on any atom is 0.227 e. The average molecular weight is 462 g/mol. The number of hydrogen-bond donors (Lipinski definition) is 0. The summed E-state index contributed by atoms with van der Waals surface area (Å²) in [4.78, 5) is 17.3. The molecule has 0 spiro atoms. The fourth-order valence-corrected chi connectivity index (χ4v) is 6.31. The second-order valence-electron chi connectivity index (χ2n) is 8.19. The lowest BCUT2D eigenvalue weighted by Gasteiger charge is -2.39. The lowest BCUT2D eigenvalue weighted by molar-refractivity contribution is -0.137. The Balaban J connectivity index is 1.36. The van der Waals surface area contributed by atoms with Gasteiger partial charge in [0.25, 0.3) is 0 Å². The van der Waals surface area contributed by atoms with E-state index in [4.69, 9.17) is 11.6 Å². The Labute approximate surface area is 189 Å². The predicted molar refractivity (Wildman–Crippen MR) is 124 cm³/mol. The largest absolute Gasteiger partial charge is 0.368 e. The molecule has 2 fully saturated rings. The molecule has 0 aromatic heterocycles. The number of halogens is 1. The number of para-hydroxylation sites is 1. The highest BCUT2D eigenvalue weighted by atomic mass is 35.5. The van der Waals surface area contributed by atoms with Crippen LogP contribution in [-0.2, 0) is 20.6 Å². The first kappa shape index (κ1) is 22.1. The molecule has 2 aliphatic rings. The third-order valence-electron chi connectivity index (χ3n) is 6.14. The summed E-state index contributed by atoms with van der Waals surface area (Å²) >= 11 is 6.16. The number of piperidine rings is 1. The Hall–Kier alpha value is -2.09. The van der Waals surface area contributed by atoms with Gasteiger partial charge in [-0.2, -0.15) is 0 Å². The zero-order valence-corrected chi connectivity index (χ0v) is 19.1. The molecule has 2 aromatic rings. The smallest absolute Gasteiger partial charge is 0.227 e. The molecule has 2 heterocycles. The van der Waals surface area contributed by atoms with Crippen LogP contribution in [0, 0.1) is 5.92 Å². The highest BCUT2D eigenvalue weighted by Gasteiger charge is 2.35. The van der Waals surface area contributed by atoms with E-state index in [1.54, 1.807) is 24.3 Å². The minimum Gasteiger partial charge on any atom is -0.368 e. The average Bonchev–Trinajstić information content (AvgIpc) is 2.81. The van der Waals surface area contributed by atoms with Crippen molar-refractivity contribution in [1.29, 1.82) is 0 Å². The normalized spacial score (nSPS) is 20.6. The van der Waals surface area contributed by atoms with Crippen LogP contribution in [0.4, 0.5) is 5.69 Å². The molecule has 2 saturated heterocycles. The van der Waals surface area contributed by atoms with E-state index in [1.165, 1.54) is 9.99 Å². The molecule has 6 nitrogen and oxygen atoms in total. The number of anilines is 1. The number of hydrogen-bond acceptors (Lipinski definition) is 4. The zero-order chi connectivity index (χ0) is 21.8. The monoisotopic (exact) mass is 461 g/mol. The molecule has 2 aliphatic heterocycles. The van der Waals surface area contributed by atoms with E-state index < -0.39 is 10.0 Å². The Morgan fingerprint density at radius 1 is 0.935 bits per heavy atom. The van der Waals surface area contributed by atoms with Crippen molar-refractivity contribution in [3.05, 3.63) is 65.2 Å². The maximum atomic E-state index is 13.1. The topological polar surface area (TPSA) is 60.9 Å². The van der Waals surface area contributed by atoms with Crippen LogP contribution < -0.4 is 4.90 Å². The lowest BCUT2D eigenvalue weighted by atomic mass is 9.97. The zero-order valence-electron chi connectivity index (χ0n) is 17.5. The molecule has 0 bridgehead atoms. The number of carbonyl (C=O) groups is 1. The van der Waals surface area contributed by atoms with Gasteiger partial charge in [0.05, 0.1) is 11.7 Å². The summed E-state index contributed by atoms with van der Waals surface area (Å²) in [5, 5.41) is 0.451. The van der Waals surface area contributed by atoms with Crippen molar-refractivity contribution in [3.8, 4) is 0 Å². The van der Waals surface area contributed by atoms with Gasteiger partial charge in [0.2, 0.25) is 15.9 Å². The first-order chi connectivity index (χ1) is 14.9. The maximum absolute atomic E-state index is 13.1. The van der Waals surface area contributed by atoms with Crippen molar-refractivity contribution >= 4 is 33.2 Å². The summed E-state index contributed by atoms with van der Waals surface area (Å²) in [6.07, 6.45) is 1.43. The van der Waals surface area contributed by atoms with Gasteiger partial charge >= 0.3 is 0 Å². The van der Waals surface area contributed by atoms with E-state index in [1.807, 2.05) is 23.1 Å². The molecule has 8 heteroatoms. The molecular formula is C23H28ClN3O3S. The van der Waals surface area contributed by atoms with Crippen LogP contribution in [0.3, 0.4) is 0 Å². The number of benzene rings is 2. The summed E-state index contributed by atoms with van der Waals surface area (Å²) in [6.45, 7) is 3.62. The molecule has 0 N–H and O–H groups in total. The number of nitrogens with zero attached hydrogens (tertiary/aromatic N) is 3. The van der Waals surface area contributed by atoms with Crippen molar-refractivity contribution < 1.29 is 13.2 Å². The third-order valence-corrected chi connectivity index (χ3v) is 8.30. The van der Waals surface area contributed by atoms with E-state index in [9.17, 15) is 13.2 Å². The first-order valence-electron chi connectivity index (χ1n) is 10.7. The Morgan fingerprint density at radius 2 is 1.61 bits per heavy atom. The highest BCUT2D eigenvalue weighted by Crippen LogP contribution is 2.26. The number of piperazine rings is 1. The molecule has 166 valence electrons. The fraction of sp³-hybridized carbons (Fsp3) is 0.435. The van der Waals surface area contributed by atoms with Gasteiger partial charge in [0.15, 0.2) is 0 Å². The second-order valence-corrected chi connectivity index (χ2v) is 10.6. The Bertz CT molecular complexity index is 1010. The molecule has 0 aliphatic carbocycles. The van der Waals surface area contributed by atoms with Crippen molar-refractivity contribution in [2.45, 2.75) is 18.6 Å². The van der Waals surface area contributed by atoms with Crippen molar-refractivity contribution in [2.24, 2.45) is 5.92 Å². The number of amides is 1. The van der Waals surface area contributed by atoms with Gasteiger partial charge in [-0.1, -0.05) is 48.0 Å². The molecular weight excluding hydrogens is 434 g/mol. The van der Waals surface area contributed by atoms with Crippen molar-refractivity contribution in [1.82, 2.24) is 9.21 Å². The van der Waals surface area contributed by atoms with Gasteiger partial charge in [0, 0.05) is 50.0 Å². The predicted octanol–water partition coefficient (Wildman–Crippen LogP) is 3.23. The summed E-state index contributed by atoms with van der Waals surface area (Å²) in [6, 6.07) is 17.2. The highest BCUT2D eigenvalue weighted by molar-refractivity contribution is 7.88.